The van der Waals surface area contributed by atoms with Crippen LogP contribution in [0.4, 0.5) is 0 Å². The zero-order chi connectivity index (χ0) is 13.1. The van der Waals surface area contributed by atoms with Gasteiger partial charge in [0.15, 0.2) is 0 Å². The SMILES string of the molecule is CC(C)CN(CCC(C)(C)C(N)=NO)C1CC1. The van der Waals surface area contributed by atoms with Crippen LogP contribution in [-0.2, 0) is 0 Å². The van der Waals surface area contributed by atoms with Crippen molar-refractivity contribution < 1.29 is 5.21 Å². The van der Waals surface area contributed by atoms with Gasteiger partial charge in [0.25, 0.3) is 0 Å². The lowest BCUT2D eigenvalue weighted by Crippen LogP contribution is -2.38. The van der Waals surface area contributed by atoms with E-state index in [0.29, 0.717) is 11.8 Å². The third-order valence-corrected chi connectivity index (χ3v) is 3.49. The number of nitrogens with two attached hydrogens (primary N) is 1. The summed E-state index contributed by atoms with van der Waals surface area (Å²) in [7, 11) is 0. The predicted octanol–water partition coefficient (Wildman–Crippen LogP) is 2.27. The first-order chi connectivity index (χ1) is 7.86. The fourth-order valence-electron chi connectivity index (χ4n) is 2.02. The molecule has 100 valence electrons. The average Bonchev–Trinajstić information content (AvgIpc) is 3.06. The summed E-state index contributed by atoms with van der Waals surface area (Å²) < 4.78 is 0. The maximum Gasteiger partial charge on any atom is 0.144 e. The molecule has 0 spiro atoms. The van der Waals surface area contributed by atoms with E-state index in [1.165, 1.54) is 12.8 Å². The molecule has 4 heteroatoms. The van der Waals surface area contributed by atoms with Gasteiger partial charge in [0.05, 0.1) is 0 Å². The molecule has 17 heavy (non-hydrogen) atoms. The van der Waals surface area contributed by atoms with Crippen LogP contribution in [-0.4, -0.2) is 35.1 Å². The Hall–Kier alpha value is -0.770. The first-order valence-electron chi connectivity index (χ1n) is 6.59. The van der Waals surface area contributed by atoms with Crippen molar-refractivity contribution in [2.45, 2.75) is 53.0 Å². The summed E-state index contributed by atoms with van der Waals surface area (Å²) in [6.07, 6.45) is 3.60. The van der Waals surface area contributed by atoms with E-state index in [1.54, 1.807) is 0 Å². The Bertz CT molecular complexity index is 270. The minimum absolute atomic E-state index is 0.223. The highest BCUT2D eigenvalue weighted by Gasteiger charge is 2.31. The molecule has 0 aromatic carbocycles. The first-order valence-corrected chi connectivity index (χ1v) is 6.59. The predicted molar refractivity (Wildman–Crippen MR) is 71.2 cm³/mol. The third kappa shape index (κ3) is 4.54. The summed E-state index contributed by atoms with van der Waals surface area (Å²) in [5.74, 6) is 1.03. The largest absolute Gasteiger partial charge is 0.409 e. The molecule has 0 aromatic heterocycles. The number of rotatable bonds is 7. The second kappa shape index (κ2) is 5.71. The van der Waals surface area contributed by atoms with E-state index in [2.05, 4.69) is 23.9 Å². The highest BCUT2D eigenvalue weighted by molar-refractivity contribution is 5.85. The van der Waals surface area contributed by atoms with Crippen molar-refractivity contribution in [1.29, 1.82) is 0 Å². The molecule has 0 aliphatic heterocycles. The van der Waals surface area contributed by atoms with Crippen LogP contribution in [0.25, 0.3) is 0 Å². The summed E-state index contributed by atoms with van der Waals surface area (Å²) >= 11 is 0. The van der Waals surface area contributed by atoms with Crippen molar-refractivity contribution >= 4 is 5.84 Å². The number of hydrogen-bond acceptors (Lipinski definition) is 3. The van der Waals surface area contributed by atoms with Crippen LogP contribution >= 0.6 is 0 Å². The van der Waals surface area contributed by atoms with Gasteiger partial charge in [0, 0.05) is 18.0 Å². The molecule has 3 N–H and O–H groups in total. The van der Waals surface area contributed by atoms with Crippen LogP contribution in [0.2, 0.25) is 0 Å². The lowest BCUT2D eigenvalue weighted by Gasteiger charge is -2.29. The third-order valence-electron chi connectivity index (χ3n) is 3.49. The fourth-order valence-corrected chi connectivity index (χ4v) is 2.02. The average molecular weight is 241 g/mol. The quantitative estimate of drug-likeness (QED) is 0.311. The molecule has 0 amide bonds. The Labute approximate surface area is 105 Å². The standard InChI is InChI=1S/C13H27N3O/c1-10(2)9-16(11-5-6-11)8-7-13(3,4)12(14)15-17/h10-11,17H,5-9H2,1-4H3,(H2,14,15). The molecule has 4 nitrogen and oxygen atoms in total. The van der Waals surface area contributed by atoms with Gasteiger partial charge in [-0.3, -0.25) is 0 Å². The first kappa shape index (κ1) is 14.3. The second-order valence-electron chi connectivity index (χ2n) is 6.24. The highest BCUT2D eigenvalue weighted by Crippen LogP contribution is 2.30. The molecule has 0 heterocycles. The molecule has 0 atom stereocenters. The van der Waals surface area contributed by atoms with Crippen molar-refractivity contribution in [3.8, 4) is 0 Å². The number of nitrogens with zero attached hydrogens (tertiary/aromatic N) is 2. The van der Waals surface area contributed by atoms with Gasteiger partial charge in [-0.25, -0.2) is 0 Å². The topological polar surface area (TPSA) is 61.8 Å². The van der Waals surface area contributed by atoms with Crippen LogP contribution in [0, 0.1) is 11.3 Å². The summed E-state index contributed by atoms with van der Waals surface area (Å²) in [4.78, 5) is 2.55. The molecule has 0 bridgehead atoms. The van der Waals surface area contributed by atoms with E-state index in [0.717, 1.165) is 25.6 Å². The molecule has 1 fully saturated rings. The number of oxime groups is 1. The van der Waals surface area contributed by atoms with E-state index in [1.807, 2.05) is 13.8 Å². The number of amidine groups is 1. The van der Waals surface area contributed by atoms with Crippen molar-refractivity contribution in [3.05, 3.63) is 0 Å². The van der Waals surface area contributed by atoms with E-state index in [-0.39, 0.29) is 5.41 Å². The maximum atomic E-state index is 8.75. The molecular formula is C13H27N3O. The van der Waals surface area contributed by atoms with E-state index >= 15 is 0 Å². The Morgan fingerprint density at radius 1 is 1.47 bits per heavy atom. The van der Waals surface area contributed by atoms with Gasteiger partial charge in [0.2, 0.25) is 0 Å². The fraction of sp³-hybridized carbons (Fsp3) is 0.923. The normalized spacial score (nSPS) is 18.1. The van der Waals surface area contributed by atoms with Crippen LogP contribution in [0.3, 0.4) is 0 Å². The molecule has 1 aliphatic rings. The molecule has 1 saturated carbocycles. The molecule has 1 rings (SSSR count). The monoisotopic (exact) mass is 241 g/mol. The zero-order valence-corrected chi connectivity index (χ0v) is 11.6. The van der Waals surface area contributed by atoms with Crippen LogP contribution in [0.5, 0.6) is 0 Å². The minimum atomic E-state index is -0.223. The minimum Gasteiger partial charge on any atom is -0.409 e. The van der Waals surface area contributed by atoms with Crippen molar-refractivity contribution in [2.75, 3.05) is 13.1 Å². The zero-order valence-electron chi connectivity index (χ0n) is 11.6. The van der Waals surface area contributed by atoms with E-state index < -0.39 is 0 Å². The van der Waals surface area contributed by atoms with Gasteiger partial charge < -0.3 is 15.8 Å². The summed E-state index contributed by atoms with van der Waals surface area (Å²) in [6.45, 7) is 10.8. The summed E-state index contributed by atoms with van der Waals surface area (Å²) in [5.41, 5.74) is 5.49. The summed E-state index contributed by atoms with van der Waals surface area (Å²) in [6, 6.07) is 0.778. The van der Waals surface area contributed by atoms with Gasteiger partial charge >= 0.3 is 0 Å². The Morgan fingerprint density at radius 3 is 2.47 bits per heavy atom. The van der Waals surface area contributed by atoms with Gasteiger partial charge in [0.1, 0.15) is 5.84 Å². The van der Waals surface area contributed by atoms with Crippen molar-refractivity contribution in [2.24, 2.45) is 22.2 Å². The second-order valence-corrected chi connectivity index (χ2v) is 6.24. The molecule has 1 aliphatic carbocycles. The van der Waals surface area contributed by atoms with Crippen LogP contribution < -0.4 is 5.73 Å². The highest BCUT2D eigenvalue weighted by atomic mass is 16.4. The Kier molecular flexibility index (Phi) is 4.80. The Morgan fingerprint density at radius 2 is 2.06 bits per heavy atom. The molecule has 0 radical (unpaired) electrons. The smallest absolute Gasteiger partial charge is 0.144 e. The maximum absolute atomic E-state index is 8.75. The van der Waals surface area contributed by atoms with Gasteiger partial charge in [-0.05, 0) is 31.7 Å². The lowest BCUT2D eigenvalue weighted by atomic mass is 9.88. The van der Waals surface area contributed by atoms with Crippen molar-refractivity contribution in [1.82, 2.24) is 4.90 Å². The molecule has 0 unspecified atom stereocenters. The summed E-state index contributed by atoms with van der Waals surface area (Å²) in [5, 5.41) is 11.9. The van der Waals surface area contributed by atoms with Crippen molar-refractivity contribution in [3.63, 3.8) is 0 Å². The van der Waals surface area contributed by atoms with Gasteiger partial charge in [-0.15, -0.1) is 0 Å². The van der Waals surface area contributed by atoms with Crippen LogP contribution in [0.15, 0.2) is 5.16 Å². The Balaban J connectivity index is 2.46. The van der Waals surface area contributed by atoms with Crippen LogP contribution in [0.1, 0.15) is 47.0 Å². The molecule has 0 saturated heterocycles. The van der Waals surface area contributed by atoms with Gasteiger partial charge in [-0.2, -0.15) is 0 Å². The lowest BCUT2D eigenvalue weighted by molar-refractivity contribution is 0.210. The van der Waals surface area contributed by atoms with E-state index in [9.17, 15) is 0 Å². The molecule has 0 aromatic rings. The van der Waals surface area contributed by atoms with Gasteiger partial charge in [-0.1, -0.05) is 32.9 Å². The molecular weight excluding hydrogens is 214 g/mol. The van der Waals surface area contributed by atoms with E-state index in [4.69, 9.17) is 10.9 Å². The number of hydrogen-bond donors (Lipinski definition) is 2.